The molecule has 0 saturated heterocycles. The van der Waals surface area contributed by atoms with E-state index in [0.29, 0.717) is 11.1 Å². The second-order valence-corrected chi connectivity index (χ2v) is 8.07. The molecule has 3 rings (SSSR count). The number of carbonyl (C=O) groups is 3. The molecule has 1 heterocycles. The van der Waals surface area contributed by atoms with Crippen LogP contribution in [0, 0.1) is 12.7 Å². The van der Waals surface area contributed by atoms with E-state index >= 15 is 0 Å². The number of nitrogens with one attached hydrogen (secondary N) is 2. The lowest BCUT2D eigenvalue weighted by atomic mass is 10.1. The molecular weight excluding hydrogens is 437 g/mol. The molecule has 34 heavy (non-hydrogen) atoms. The molecule has 2 N–H and O–H groups in total. The van der Waals surface area contributed by atoms with Gasteiger partial charge in [-0.2, -0.15) is 0 Å². The van der Waals surface area contributed by atoms with Gasteiger partial charge >= 0.3 is 0 Å². The number of benzene rings is 2. The van der Waals surface area contributed by atoms with Crippen molar-refractivity contribution in [2.24, 2.45) is 0 Å². The van der Waals surface area contributed by atoms with Crippen LogP contribution in [0.3, 0.4) is 0 Å². The normalized spacial score (nSPS) is 11.4. The van der Waals surface area contributed by atoms with E-state index in [1.807, 2.05) is 0 Å². The highest BCUT2D eigenvalue weighted by Gasteiger charge is 2.17. The Morgan fingerprint density at radius 1 is 0.971 bits per heavy atom. The van der Waals surface area contributed by atoms with Gasteiger partial charge < -0.3 is 15.5 Å². The molecule has 9 heteroatoms. The van der Waals surface area contributed by atoms with Crippen molar-refractivity contribution in [3.8, 4) is 0 Å². The van der Waals surface area contributed by atoms with Gasteiger partial charge in [-0.3, -0.25) is 14.4 Å². The standard InChI is InChI=1S/C25H26FN5O3/c1-15-11-17(5-10-20(15)26)13-27-23(32)21-12-22(29-14-28-21)24(33)30-16(2)18-6-8-19(9-7-18)25(34)31(3)4/h5-12,14,16H,13H2,1-4H3,(H,27,32)(H,30,33)/t16-/m0/s1. The minimum absolute atomic E-state index is 0.0400. The van der Waals surface area contributed by atoms with Gasteiger partial charge in [-0.25, -0.2) is 14.4 Å². The second-order valence-electron chi connectivity index (χ2n) is 8.07. The molecule has 0 spiro atoms. The summed E-state index contributed by atoms with van der Waals surface area (Å²) in [7, 11) is 3.36. The van der Waals surface area contributed by atoms with Crippen LogP contribution in [0.5, 0.6) is 0 Å². The second kappa shape index (κ2) is 10.7. The van der Waals surface area contributed by atoms with E-state index in [0.717, 1.165) is 17.5 Å². The highest BCUT2D eigenvalue weighted by Crippen LogP contribution is 2.15. The first-order valence-electron chi connectivity index (χ1n) is 10.6. The van der Waals surface area contributed by atoms with Crippen LogP contribution in [0.4, 0.5) is 4.39 Å². The highest BCUT2D eigenvalue weighted by molar-refractivity contribution is 5.97. The van der Waals surface area contributed by atoms with Crippen molar-refractivity contribution in [3.63, 3.8) is 0 Å². The van der Waals surface area contributed by atoms with E-state index < -0.39 is 11.8 Å². The van der Waals surface area contributed by atoms with E-state index in [1.54, 1.807) is 64.3 Å². The van der Waals surface area contributed by atoms with E-state index in [1.165, 1.54) is 17.0 Å². The van der Waals surface area contributed by atoms with Crippen LogP contribution < -0.4 is 10.6 Å². The van der Waals surface area contributed by atoms with Crippen molar-refractivity contribution in [2.45, 2.75) is 26.4 Å². The molecule has 0 aliphatic rings. The predicted octanol–water partition coefficient (Wildman–Crippen LogP) is 3.05. The fraction of sp³-hybridized carbons (Fsp3) is 0.240. The molecule has 2 aromatic carbocycles. The van der Waals surface area contributed by atoms with Gasteiger partial charge in [0.1, 0.15) is 23.5 Å². The van der Waals surface area contributed by atoms with Gasteiger partial charge in [0.2, 0.25) is 0 Å². The molecule has 0 saturated carbocycles. The zero-order valence-electron chi connectivity index (χ0n) is 19.4. The number of nitrogens with zero attached hydrogens (tertiary/aromatic N) is 3. The molecular formula is C25H26FN5O3. The van der Waals surface area contributed by atoms with Crippen molar-refractivity contribution in [1.82, 2.24) is 25.5 Å². The number of halogens is 1. The Morgan fingerprint density at radius 2 is 1.62 bits per heavy atom. The smallest absolute Gasteiger partial charge is 0.270 e. The fourth-order valence-electron chi connectivity index (χ4n) is 3.22. The number of hydrogen-bond donors (Lipinski definition) is 2. The summed E-state index contributed by atoms with van der Waals surface area (Å²) in [4.78, 5) is 46.6. The number of aryl methyl sites for hydroxylation is 1. The number of aromatic nitrogens is 2. The lowest BCUT2D eigenvalue weighted by Gasteiger charge is -2.15. The molecule has 176 valence electrons. The van der Waals surface area contributed by atoms with Gasteiger partial charge in [-0.1, -0.05) is 24.3 Å². The molecule has 1 atom stereocenters. The van der Waals surface area contributed by atoms with Gasteiger partial charge in [-0.05, 0) is 48.7 Å². The first kappa shape index (κ1) is 24.5. The Kier molecular flexibility index (Phi) is 7.68. The zero-order chi connectivity index (χ0) is 24.8. The summed E-state index contributed by atoms with van der Waals surface area (Å²) in [6.45, 7) is 3.64. The Bertz CT molecular complexity index is 1210. The molecule has 0 unspecified atom stereocenters. The van der Waals surface area contributed by atoms with Crippen molar-refractivity contribution in [1.29, 1.82) is 0 Å². The lowest BCUT2D eigenvalue weighted by molar-refractivity contribution is 0.0826. The largest absolute Gasteiger partial charge is 0.347 e. The van der Waals surface area contributed by atoms with Gasteiger partial charge in [0, 0.05) is 32.3 Å². The highest BCUT2D eigenvalue weighted by atomic mass is 19.1. The van der Waals surface area contributed by atoms with E-state index in [2.05, 4.69) is 20.6 Å². The summed E-state index contributed by atoms with van der Waals surface area (Å²) in [5.74, 6) is -1.36. The number of rotatable bonds is 7. The molecule has 0 bridgehead atoms. The third-order valence-electron chi connectivity index (χ3n) is 5.22. The molecule has 0 aliphatic carbocycles. The fourth-order valence-corrected chi connectivity index (χ4v) is 3.22. The van der Waals surface area contributed by atoms with E-state index in [9.17, 15) is 18.8 Å². The first-order chi connectivity index (χ1) is 16.2. The predicted molar refractivity (Wildman–Crippen MR) is 125 cm³/mol. The summed E-state index contributed by atoms with van der Waals surface area (Å²) >= 11 is 0. The van der Waals surface area contributed by atoms with Gasteiger partial charge in [0.05, 0.1) is 6.04 Å². The molecule has 3 amide bonds. The molecule has 0 fully saturated rings. The maximum atomic E-state index is 13.4. The van der Waals surface area contributed by atoms with Crippen molar-refractivity contribution in [2.75, 3.05) is 14.1 Å². The van der Waals surface area contributed by atoms with Crippen molar-refractivity contribution in [3.05, 3.63) is 94.3 Å². The summed E-state index contributed by atoms with van der Waals surface area (Å²) < 4.78 is 13.4. The van der Waals surface area contributed by atoms with Gasteiger partial charge in [0.15, 0.2) is 0 Å². The Hall–Kier alpha value is -4.14. The average molecular weight is 464 g/mol. The monoisotopic (exact) mass is 463 g/mol. The Morgan fingerprint density at radius 3 is 2.24 bits per heavy atom. The quantitative estimate of drug-likeness (QED) is 0.561. The molecule has 0 aliphatic heterocycles. The Balaban J connectivity index is 1.62. The lowest BCUT2D eigenvalue weighted by Crippen LogP contribution is -2.29. The summed E-state index contributed by atoms with van der Waals surface area (Å²) in [6.07, 6.45) is 1.15. The third-order valence-corrected chi connectivity index (χ3v) is 5.22. The first-order valence-corrected chi connectivity index (χ1v) is 10.6. The van der Waals surface area contributed by atoms with Crippen molar-refractivity contribution >= 4 is 17.7 Å². The van der Waals surface area contributed by atoms with E-state index in [4.69, 9.17) is 0 Å². The minimum atomic E-state index is -0.479. The third kappa shape index (κ3) is 6.00. The summed E-state index contributed by atoms with van der Waals surface area (Å²) in [6, 6.07) is 12.5. The van der Waals surface area contributed by atoms with Gasteiger partial charge in [-0.15, -0.1) is 0 Å². The number of hydrogen-bond acceptors (Lipinski definition) is 5. The topological polar surface area (TPSA) is 104 Å². The summed E-state index contributed by atoms with van der Waals surface area (Å²) in [5, 5.41) is 5.53. The van der Waals surface area contributed by atoms with Crippen LogP contribution >= 0.6 is 0 Å². The average Bonchev–Trinajstić information content (AvgIpc) is 2.84. The number of amides is 3. The van der Waals surface area contributed by atoms with Crippen LogP contribution in [-0.4, -0.2) is 46.7 Å². The SMILES string of the molecule is Cc1cc(CNC(=O)c2cc(C(=O)N[C@@H](C)c3ccc(C(=O)N(C)C)cc3)ncn2)ccc1F. The minimum Gasteiger partial charge on any atom is -0.347 e. The summed E-state index contributed by atoms with van der Waals surface area (Å²) in [5.41, 5.74) is 2.68. The maximum Gasteiger partial charge on any atom is 0.270 e. The molecule has 3 aromatic rings. The van der Waals surface area contributed by atoms with Crippen LogP contribution in [0.15, 0.2) is 54.9 Å². The van der Waals surface area contributed by atoms with Gasteiger partial charge in [0.25, 0.3) is 17.7 Å². The van der Waals surface area contributed by atoms with Crippen LogP contribution in [-0.2, 0) is 6.54 Å². The molecule has 0 radical (unpaired) electrons. The maximum absolute atomic E-state index is 13.4. The number of carbonyl (C=O) groups excluding carboxylic acids is 3. The van der Waals surface area contributed by atoms with E-state index in [-0.39, 0.29) is 35.7 Å². The molecule has 1 aromatic heterocycles. The zero-order valence-corrected chi connectivity index (χ0v) is 19.4. The van der Waals surface area contributed by atoms with Crippen LogP contribution in [0.25, 0.3) is 0 Å². The van der Waals surface area contributed by atoms with Crippen LogP contribution in [0.1, 0.15) is 61.0 Å². The van der Waals surface area contributed by atoms with Crippen molar-refractivity contribution < 1.29 is 18.8 Å². The van der Waals surface area contributed by atoms with Crippen LogP contribution in [0.2, 0.25) is 0 Å². The molecule has 8 nitrogen and oxygen atoms in total. The Labute approximate surface area is 197 Å².